The first-order valence-corrected chi connectivity index (χ1v) is 8.90. The molecule has 2 rings (SSSR count). The van der Waals surface area contributed by atoms with Gasteiger partial charge in [0.05, 0.1) is 12.1 Å². The minimum Gasteiger partial charge on any atom is -0.377 e. The molecule has 0 bridgehead atoms. The van der Waals surface area contributed by atoms with Gasteiger partial charge in [-0.15, -0.1) is 24.0 Å². The number of guanidine groups is 1. The Morgan fingerprint density at radius 3 is 2.64 bits per heavy atom. The molecule has 6 heteroatoms. The van der Waals surface area contributed by atoms with Crippen LogP contribution in [0.1, 0.15) is 31.9 Å². The topological polar surface area (TPSA) is 48.9 Å². The van der Waals surface area contributed by atoms with E-state index in [1.54, 1.807) is 7.11 Å². The van der Waals surface area contributed by atoms with Crippen molar-refractivity contribution < 1.29 is 4.74 Å². The molecule has 5 nitrogen and oxygen atoms in total. The number of benzene rings is 1. The summed E-state index contributed by atoms with van der Waals surface area (Å²) < 4.78 is 5.43. The van der Waals surface area contributed by atoms with Crippen LogP contribution in [0.25, 0.3) is 0 Å². The van der Waals surface area contributed by atoms with E-state index < -0.39 is 0 Å². The van der Waals surface area contributed by atoms with Crippen LogP contribution in [-0.2, 0) is 17.7 Å². The van der Waals surface area contributed by atoms with Gasteiger partial charge >= 0.3 is 0 Å². The number of ether oxygens (including phenoxy) is 1. The zero-order valence-corrected chi connectivity index (χ0v) is 18.3. The molecule has 0 saturated carbocycles. The van der Waals surface area contributed by atoms with Crippen molar-refractivity contribution in [3.8, 4) is 0 Å². The molecule has 1 aliphatic rings. The second-order valence-corrected chi connectivity index (χ2v) is 6.88. The van der Waals surface area contributed by atoms with Crippen LogP contribution in [0.5, 0.6) is 0 Å². The lowest BCUT2D eigenvalue weighted by atomic mass is 10.00. The van der Waals surface area contributed by atoms with E-state index in [0.717, 1.165) is 45.1 Å². The number of nitrogens with zero attached hydrogens (tertiary/aromatic N) is 2. The summed E-state index contributed by atoms with van der Waals surface area (Å²) in [4.78, 5) is 7.12. The van der Waals surface area contributed by atoms with Crippen LogP contribution in [0.15, 0.2) is 29.3 Å². The van der Waals surface area contributed by atoms with Crippen molar-refractivity contribution in [2.75, 3.05) is 39.8 Å². The average molecular weight is 460 g/mol. The Morgan fingerprint density at radius 1 is 1.24 bits per heavy atom. The van der Waals surface area contributed by atoms with E-state index in [2.05, 4.69) is 51.7 Å². The molecule has 25 heavy (non-hydrogen) atoms. The van der Waals surface area contributed by atoms with Crippen LogP contribution >= 0.6 is 24.0 Å². The van der Waals surface area contributed by atoms with E-state index in [9.17, 15) is 0 Å². The second-order valence-electron chi connectivity index (χ2n) is 6.88. The number of rotatable bonds is 7. The van der Waals surface area contributed by atoms with Crippen LogP contribution in [0.2, 0.25) is 0 Å². The van der Waals surface area contributed by atoms with Crippen molar-refractivity contribution in [2.45, 2.75) is 39.3 Å². The van der Waals surface area contributed by atoms with Crippen molar-refractivity contribution in [1.29, 1.82) is 0 Å². The molecule has 142 valence electrons. The number of nitrogens with one attached hydrogen (secondary N) is 2. The Morgan fingerprint density at radius 2 is 1.96 bits per heavy atom. The number of hydrogen-bond acceptors (Lipinski definition) is 3. The first-order valence-electron chi connectivity index (χ1n) is 8.90. The summed E-state index contributed by atoms with van der Waals surface area (Å²) in [6.07, 6.45) is 1.15. The quantitative estimate of drug-likeness (QED) is 0.373. The SMILES string of the molecule is CCNC(=NCC(C)(C)OC)NCCN1CCc2ccccc2C1.I. The predicted octanol–water partition coefficient (Wildman–Crippen LogP) is 2.64. The number of halogens is 1. The van der Waals surface area contributed by atoms with Crippen LogP contribution in [-0.4, -0.2) is 56.3 Å². The van der Waals surface area contributed by atoms with Gasteiger partial charge in [0.2, 0.25) is 0 Å². The van der Waals surface area contributed by atoms with Gasteiger partial charge in [0.1, 0.15) is 0 Å². The highest BCUT2D eigenvalue weighted by atomic mass is 127. The molecule has 1 aliphatic heterocycles. The van der Waals surface area contributed by atoms with E-state index in [0.29, 0.717) is 6.54 Å². The van der Waals surface area contributed by atoms with E-state index >= 15 is 0 Å². The Hall–Kier alpha value is -0.860. The molecule has 0 aliphatic carbocycles. The number of hydrogen-bond donors (Lipinski definition) is 2. The molecule has 0 radical (unpaired) electrons. The molecule has 0 fully saturated rings. The highest BCUT2D eigenvalue weighted by molar-refractivity contribution is 14.0. The van der Waals surface area contributed by atoms with Gasteiger partial charge in [-0.1, -0.05) is 24.3 Å². The molecule has 1 aromatic carbocycles. The molecule has 0 saturated heterocycles. The molecule has 0 atom stereocenters. The normalized spacial score (nSPS) is 15.3. The van der Waals surface area contributed by atoms with Gasteiger partial charge in [-0.05, 0) is 38.3 Å². The van der Waals surface area contributed by atoms with Crippen LogP contribution < -0.4 is 10.6 Å². The maximum atomic E-state index is 5.43. The number of methoxy groups -OCH3 is 1. The summed E-state index contributed by atoms with van der Waals surface area (Å²) >= 11 is 0. The third-order valence-electron chi connectivity index (χ3n) is 4.44. The smallest absolute Gasteiger partial charge is 0.191 e. The first kappa shape index (κ1) is 22.2. The molecule has 1 aromatic rings. The van der Waals surface area contributed by atoms with Gasteiger partial charge < -0.3 is 15.4 Å². The van der Waals surface area contributed by atoms with Gasteiger partial charge in [-0.3, -0.25) is 9.89 Å². The fraction of sp³-hybridized carbons (Fsp3) is 0.632. The van der Waals surface area contributed by atoms with E-state index in [1.165, 1.54) is 11.1 Å². The summed E-state index contributed by atoms with van der Waals surface area (Å²) in [6.45, 7) is 11.8. The third kappa shape index (κ3) is 7.50. The van der Waals surface area contributed by atoms with E-state index in [4.69, 9.17) is 4.74 Å². The van der Waals surface area contributed by atoms with Crippen molar-refractivity contribution >= 4 is 29.9 Å². The van der Waals surface area contributed by atoms with Crippen molar-refractivity contribution in [3.63, 3.8) is 0 Å². The Kier molecular flexibility index (Phi) is 9.74. The average Bonchev–Trinajstić information content (AvgIpc) is 2.59. The van der Waals surface area contributed by atoms with Crippen molar-refractivity contribution in [1.82, 2.24) is 15.5 Å². The Balaban J connectivity index is 0.00000312. The van der Waals surface area contributed by atoms with Gasteiger partial charge in [0, 0.05) is 39.8 Å². The molecule has 0 aromatic heterocycles. The Labute approximate surface area is 169 Å². The molecule has 0 spiro atoms. The highest BCUT2D eigenvalue weighted by Gasteiger charge is 2.17. The number of fused-ring (bicyclic) bond motifs is 1. The second kappa shape index (κ2) is 11.0. The van der Waals surface area contributed by atoms with Crippen LogP contribution in [0.4, 0.5) is 0 Å². The van der Waals surface area contributed by atoms with Crippen LogP contribution in [0, 0.1) is 0 Å². The third-order valence-corrected chi connectivity index (χ3v) is 4.44. The molecule has 0 amide bonds. The van der Waals surface area contributed by atoms with E-state index in [1.807, 2.05) is 13.8 Å². The molecular formula is C19H33IN4O. The van der Waals surface area contributed by atoms with Crippen LogP contribution in [0.3, 0.4) is 0 Å². The molecule has 0 unspecified atom stereocenters. The lowest BCUT2D eigenvalue weighted by Crippen LogP contribution is -2.43. The number of aliphatic imine (C=N–C) groups is 1. The monoisotopic (exact) mass is 460 g/mol. The minimum atomic E-state index is -0.237. The standard InChI is InChI=1S/C19H32N4O.HI/c1-5-20-18(22-15-19(2,3)24-4)21-11-13-23-12-10-16-8-6-7-9-17(16)14-23;/h6-9H,5,10-15H2,1-4H3,(H2,20,21,22);1H. The highest BCUT2D eigenvalue weighted by Crippen LogP contribution is 2.17. The molecular weight excluding hydrogens is 427 g/mol. The summed E-state index contributed by atoms with van der Waals surface area (Å²) in [6, 6.07) is 8.76. The maximum Gasteiger partial charge on any atom is 0.191 e. The van der Waals surface area contributed by atoms with Gasteiger partial charge in [0.15, 0.2) is 5.96 Å². The fourth-order valence-electron chi connectivity index (χ4n) is 2.75. The first-order chi connectivity index (χ1) is 11.5. The summed E-state index contributed by atoms with van der Waals surface area (Å²) in [5, 5.41) is 6.73. The fourth-order valence-corrected chi connectivity index (χ4v) is 2.75. The maximum absolute atomic E-state index is 5.43. The summed E-state index contributed by atoms with van der Waals surface area (Å²) in [5.74, 6) is 0.861. The van der Waals surface area contributed by atoms with Gasteiger partial charge in [-0.2, -0.15) is 0 Å². The van der Waals surface area contributed by atoms with Crippen molar-refractivity contribution in [3.05, 3.63) is 35.4 Å². The minimum absolute atomic E-state index is 0. The van der Waals surface area contributed by atoms with Gasteiger partial charge in [0.25, 0.3) is 0 Å². The zero-order valence-electron chi connectivity index (χ0n) is 16.0. The molecule has 1 heterocycles. The summed E-state index contributed by atoms with van der Waals surface area (Å²) in [5.41, 5.74) is 2.73. The Bertz CT molecular complexity index is 548. The lowest BCUT2D eigenvalue weighted by Gasteiger charge is -2.29. The lowest BCUT2D eigenvalue weighted by molar-refractivity contribution is 0.0310. The van der Waals surface area contributed by atoms with E-state index in [-0.39, 0.29) is 29.6 Å². The molecule has 2 N–H and O–H groups in total. The zero-order chi connectivity index (χ0) is 17.4. The summed E-state index contributed by atoms with van der Waals surface area (Å²) in [7, 11) is 1.73. The van der Waals surface area contributed by atoms with Crippen molar-refractivity contribution in [2.24, 2.45) is 4.99 Å². The van der Waals surface area contributed by atoms with Gasteiger partial charge in [-0.25, -0.2) is 0 Å². The largest absolute Gasteiger partial charge is 0.377 e. The predicted molar refractivity (Wildman–Crippen MR) is 116 cm³/mol.